The molecule has 2 rings (SSSR count). The minimum absolute atomic E-state index is 0.0574. The summed E-state index contributed by atoms with van der Waals surface area (Å²) >= 11 is 0. The van der Waals surface area contributed by atoms with E-state index in [1.54, 1.807) is 0 Å². The highest BCUT2D eigenvalue weighted by molar-refractivity contribution is 5.77. The van der Waals surface area contributed by atoms with Crippen LogP contribution in [0.3, 0.4) is 0 Å². The van der Waals surface area contributed by atoms with Gasteiger partial charge in [-0.1, -0.05) is 24.3 Å². The lowest BCUT2D eigenvalue weighted by atomic mass is 10.1. The van der Waals surface area contributed by atoms with Crippen molar-refractivity contribution in [2.45, 2.75) is 26.7 Å². The number of benzene rings is 2. The first kappa shape index (κ1) is 18.8. The van der Waals surface area contributed by atoms with Crippen LogP contribution in [0, 0.1) is 13.8 Å². The molecular weight excluding hydrogens is 312 g/mol. The molecule has 1 amide bonds. The lowest BCUT2D eigenvalue weighted by Crippen LogP contribution is -2.30. The Kier molecular flexibility index (Phi) is 6.87. The Morgan fingerprint density at radius 3 is 2.48 bits per heavy atom. The van der Waals surface area contributed by atoms with Gasteiger partial charge in [0.2, 0.25) is 0 Å². The highest BCUT2D eigenvalue weighted by atomic mass is 16.5. The van der Waals surface area contributed by atoms with Crippen LogP contribution in [0.25, 0.3) is 0 Å². The minimum Gasteiger partial charge on any atom is -0.483 e. The van der Waals surface area contributed by atoms with E-state index in [9.17, 15) is 4.79 Å². The lowest BCUT2D eigenvalue weighted by molar-refractivity contribution is -0.123. The number of aryl methyl sites for hydroxylation is 3. The van der Waals surface area contributed by atoms with Crippen molar-refractivity contribution in [3.05, 3.63) is 59.2 Å². The second-order valence-electron chi connectivity index (χ2n) is 6.57. The average molecular weight is 340 g/mol. The van der Waals surface area contributed by atoms with E-state index in [0.717, 1.165) is 29.7 Å². The summed E-state index contributed by atoms with van der Waals surface area (Å²) in [6.45, 7) is 4.71. The van der Waals surface area contributed by atoms with Crippen molar-refractivity contribution in [1.82, 2.24) is 5.32 Å². The summed E-state index contributed by atoms with van der Waals surface area (Å²) in [5, 5.41) is 2.91. The molecule has 0 bridgehead atoms. The maximum absolute atomic E-state index is 11.9. The molecule has 0 aromatic heterocycles. The van der Waals surface area contributed by atoms with Gasteiger partial charge < -0.3 is 15.0 Å². The van der Waals surface area contributed by atoms with Crippen molar-refractivity contribution < 1.29 is 9.53 Å². The van der Waals surface area contributed by atoms with E-state index in [-0.39, 0.29) is 12.5 Å². The fraction of sp³-hybridized carbons (Fsp3) is 0.381. The van der Waals surface area contributed by atoms with E-state index in [4.69, 9.17) is 4.74 Å². The van der Waals surface area contributed by atoms with Gasteiger partial charge in [0.15, 0.2) is 6.61 Å². The Hall–Kier alpha value is -2.49. The maximum atomic E-state index is 11.9. The fourth-order valence-corrected chi connectivity index (χ4v) is 2.54. The molecule has 0 unspecified atom stereocenters. The van der Waals surface area contributed by atoms with Crippen molar-refractivity contribution >= 4 is 11.6 Å². The second kappa shape index (κ2) is 9.11. The Balaban J connectivity index is 1.67. The number of carbonyl (C=O) groups excluding carboxylic acids is 1. The highest BCUT2D eigenvalue weighted by Crippen LogP contribution is 2.18. The Bertz CT molecular complexity index is 694. The molecule has 25 heavy (non-hydrogen) atoms. The average Bonchev–Trinajstić information content (AvgIpc) is 2.60. The van der Waals surface area contributed by atoms with Crippen molar-refractivity contribution in [3.8, 4) is 5.75 Å². The summed E-state index contributed by atoms with van der Waals surface area (Å²) in [4.78, 5) is 14.0. The predicted octanol–water partition coefficient (Wildman–Crippen LogP) is 3.50. The first-order valence-corrected chi connectivity index (χ1v) is 8.69. The van der Waals surface area contributed by atoms with Gasteiger partial charge in [-0.25, -0.2) is 0 Å². The molecule has 0 aliphatic carbocycles. The third kappa shape index (κ3) is 6.14. The topological polar surface area (TPSA) is 41.6 Å². The van der Waals surface area contributed by atoms with Gasteiger partial charge in [-0.05, 0) is 61.6 Å². The number of rotatable bonds is 8. The number of nitrogens with one attached hydrogen (secondary N) is 1. The van der Waals surface area contributed by atoms with Crippen LogP contribution in [0.2, 0.25) is 0 Å². The summed E-state index contributed by atoms with van der Waals surface area (Å²) in [5.41, 5.74) is 4.65. The van der Waals surface area contributed by atoms with Crippen molar-refractivity contribution in [3.63, 3.8) is 0 Å². The fourth-order valence-electron chi connectivity index (χ4n) is 2.54. The number of hydrogen-bond acceptors (Lipinski definition) is 3. The van der Waals surface area contributed by atoms with Crippen LogP contribution in [0.15, 0.2) is 42.5 Å². The maximum Gasteiger partial charge on any atom is 0.257 e. The van der Waals surface area contributed by atoms with E-state index in [0.29, 0.717) is 6.54 Å². The molecule has 1 N–H and O–H groups in total. The first-order valence-electron chi connectivity index (χ1n) is 8.69. The number of hydrogen-bond donors (Lipinski definition) is 1. The highest BCUT2D eigenvalue weighted by Gasteiger charge is 2.05. The molecule has 2 aromatic rings. The monoisotopic (exact) mass is 340 g/mol. The SMILES string of the molecule is Cc1ccc(C)c(OCC(=O)NCCCc2ccc(N(C)C)cc2)c1. The zero-order valence-corrected chi connectivity index (χ0v) is 15.6. The van der Waals surface area contributed by atoms with Gasteiger partial charge in [0, 0.05) is 26.3 Å². The van der Waals surface area contributed by atoms with E-state index >= 15 is 0 Å². The van der Waals surface area contributed by atoms with Gasteiger partial charge >= 0.3 is 0 Å². The van der Waals surface area contributed by atoms with Crippen molar-refractivity contribution in [2.75, 3.05) is 32.1 Å². The van der Waals surface area contributed by atoms with Crippen LogP contribution in [-0.2, 0) is 11.2 Å². The number of amides is 1. The van der Waals surface area contributed by atoms with Gasteiger partial charge in [0.05, 0.1) is 0 Å². The zero-order chi connectivity index (χ0) is 18.2. The van der Waals surface area contributed by atoms with Crippen molar-refractivity contribution in [2.24, 2.45) is 0 Å². The number of nitrogens with zero attached hydrogens (tertiary/aromatic N) is 1. The van der Waals surface area contributed by atoms with E-state index in [2.05, 4.69) is 34.5 Å². The third-order valence-corrected chi connectivity index (χ3v) is 4.12. The molecule has 0 aliphatic rings. The van der Waals surface area contributed by atoms with Gasteiger partial charge in [0.1, 0.15) is 5.75 Å². The van der Waals surface area contributed by atoms with Crippen LogP contribution in [-0.4, -0.2) is 33.2 Å². The van der Waals surface area contributed by atoms with Gasteiger partial charge in [0.25, 0.3) is 5.91 Å². The second-order valence-corrected chi connectivity index (χ2v) is 6.57. The van der Waals surface area contributed by atoms with Gasteiger partial charge in [-0.3, -0.25) is 4.79 Å². The lowest BCUT2D eigenvalue weighted by Gasteiger charge is -2.13. The molecular formula is C21H28N2O2. The van der Waals surface area contributed by atoms with E-state index < -0.39 is 0 Å². The summed E-state index contributed by atoms with van der Waals surface area (Å²) in [5.74, 6) is 0.694. The molecule has 0 aliphatic heterocycles. The predicted molar refractivity (Wildman–Crippen MR) is 104 cm³/mol. The van der Waals surface area contributed by atoms with Crippen molar-refractivity contribution in [1.29, 1.82) is 0 Å². The Morgan fingerprint density at radius 2 is 1.80 bits per heavy atom. The van der Waals surface area contributed by atoms with Crippen LogP contribution >= 0.6 is 0 Å². The summed E-state index contributed by atoms with van der Waals surface area (Å²) in [6.07, 6.45) is 1.86. The standard InChI is InChI=1S/C21H28N2O2/c1-16-7-8-17(2)20(14-16)25-15-21(24)22-13-5-6-18-9-11-19(12-10-18)23(3)4/h7-12,14H,5-6,13,15H2,1-4H3,(H,22,24). The number of carbonyl (C=O) groups is 1. The summed E-state index contributed by atoms with van der Waals surface area (Å²) in [6, 6.07) is 14.5. The Labute approximate surface area is 150 Å². The molecule has 0 heterocycles. The molecule has 0 atom stereocenters. The van der Waals surface area contributed by atoms with Crippen LogP contribution in [0.4, 0.5) is 5.69 Å². The minimum atomic E-state index is -0.0798. The molecule has 0 saturated heterocycles. The molecule has 4 nitrogen and oxygen atoms in total. The largest absolute Gasteiger partial charge is 0.483 e. The van der Waals surface area contributed by atoms with Crippen LogP contribution in [0.5, 0.6) is 5.75 Å². The van der Waals surface area contributed by atoms with E-state index in [1.807, 2.05) is 46.1 Å². The number of anilines is 1. The van der Waals surface area contributed by atoms with Crippen LogP contribution in [0.1, 0.15) is 23.1 Å². The summed E-state index contributed by atoms with van der Waals surface area (Å²) < 4.78 is 5.61. The quantitative estimate of drug-likeness (QED) is 0.748. The molecule has 0 fully saturated rings. The molecule has 0 spiro atoms. The normalized spacial score (nSPS) is 10.4. The molecule has 0 radical (unpaired) electrons. The summed E-state index contributed by atoms with van der Waals surface area (Å²) in [7, 11) is 4.07. The van der Waals surface area contributed by atoms with Gasteiger partial charge in [-0.2, -0.15) is 0 Å². The van der Waals surface area contributed by atoms with Gasteiger partial charge in [-0.15, -0.1) is 0 Å². The first-order chi connectivity index (χ1) is 12.0. The zero-order valence-electron chi connectivity index (χ0n) is 15.6. The van der Waals surface area contributed by atoms with E-state index in [1.165, 1.54) is 11.3 Å². The number of ether oxygens (including phenoxy) is 1. The smallest absolute Gasteiger partial charge is 0.257 e. The molecule has 4 heteroatoms. The Morgan fingerprint density at radius 1 is 1.08 bits per heavy atom. The van der Waals surface area contributed by atoms with Crippen LogP contribution < -0.4 is 15.0 Å². The third-order valence-electron chi connectivity index (χ3n) is 4.12. The molecule has 0 saturated carbocycles. The molecule has 2 aromatic carbocycles. The molecule has 134 valence electrons.